The normalized spacial score (nSPS) is 15.5. The number of rotatable bonds is 6. The SMILES string of the molecule is O=C(Nc1nc(CC(=O)N2CCN(Cc3ccc4c(c3)OCO4)CC2)cs1)c1ncccn1. The van der Waals surface area contributed by atoms with Crippen molar-refractivity contribution in [3.63, 3.8) is 0 Å². The molecule has 1 N–H and O–H groups in total. The monoisotopic (exact) mass is 466 g/mol. The number of fused-ring (bicyclic) bond motifs is 1. The highest BCUT2D eigenvalue weighted by Crippen LogP contribution is 2.32. The van der Waals surface area contributed by atoms with Gasteiger partial charge in [0.05, 0.1) is 12.1 Å². The lowest BCUT2D eigenvalue weighted by molar-refractivity contribution is -0.132. The molecule has 2 aliphatic rings. The van der Waals surface area contributed by atoms with Crippen molar-refractivity contribution >= 4 is 28.3 Å². The molecule has 0 saturated carbocycles. The number of hydrogen-bond donors (Lipinski definition) is 1. The zero-order chi connectivity index (χ0) is 22.6. The third-order valence-electron chi connectivity index (χ3n) is 5.44. The lowest BCUT2D eigenvalue weighted by atomic mass is 10.1. The Morgan fingerprint density at radius 1 is 1.06 bits per heavy atom. The van der Waals surface area contributed by atoms with Crippen molar-refractivity contribution in [2.24, 2.45) is 0 Å². The van der Waals surface area contributed by atoms with E-state index in [4.69, 9.17) is 9.47 Å². The number of nitrogens with zero attached hydrogens (tertiary/aromatic N) is 5. The number of nitrogens with one attached hydrogen (secondary N) is 1. The van der Waals surface area contributed by atoms with E-state index < -0.39 is 5.91 Å². The van der Waals surface area contributed by atoms with Crippen LogP contribution in [0.3, 0.4) is 0 Å². The van der Waals surface area contributed by atoms with Crippen LogP contribution in [0, 0.1) is 0 Å². The van der Waals surface area contributed by atoms with E-state index in [0.717, 1.165) is 36.7 Å². The Morgan fingerprint density at radius 3 is 2.67 bits per heavy atom. The Kier molecular flexibility index (Phi) is 6.13. The molecule has 1 saturated heterocycles. The van der Waals surface area contributed by atoms with Gasteiger partial charge >= 0.3 is 0 Å². The minimum atomic E-state index is -0.429. The molecule has 2 amide bonds. The fraction of sp³-hybridized carbons (Fsp3) is 0.318. The van der Waals surface area contributed by atoms with Gasteiger partial charge < -0.3 is 14.4 Å². The molecule has 0 unspecified atom stereocenters. The number of carbonyl (C=O) groups excluding carboxylic acids is 2. The number of ether oxygens (including phenoxy) is 2. The van der Waals surface area contributed by atoms with E-state index in [1.165, 1.54) is 23.7 Å². The van der Waals surface area contributed by atoms with Crippen LogP contribution in [0.25, 0.3) is 0 Å². The summed E-state index contributed by atoms with van der Waals surface area (Å²) in [4.78, 5) is 41.3. The topological polar surface area (TPSA) is 110 Å². The van der Waals surface area contributed by atoms with Gasteiger partial charge in [-0.3, -0.25) is 19.8 Å². The number of benzene rings is 1. The summed E-state index contributed by atoms with van der Waals surface area (Å²) in [6.07, 6.45) is 3.21. The van der Waals surface area contributed by atoms with Crippen molar-refractivity contribution in [2.75, 3.05) is 38.3 Å². The second-order valence-electron chi connectivity index (χ2n) is 7.69. The van der Waals surface area contributed by atoms with E-state index >= 15 is 0 Å². The standard InChI is InChI=1S/C22H22N6O4S/c29-19(11-16-13-33-22(25-16)26-21(30)20-23-4-1-5-24-20)28-8-6-27(7-9-28)12-15-2-3-17-18(10-15)32-14-31-17/h1-5,10,13H,6-9,11-12,14H2,(H,25,26,30). The van der Waals surface area contributed by atoms with E-state index in [9.17, 15) is 9.59 Å². The molecule has 10 nitrogen and oxygen atoms in total. The predicted octanol–water partition coefficient (Wildman–Crippen LogP) is 1.80. The zero-order valence-corrected chi connectivity index (χ0v) is 18.6. The molecule has 5 rings (SSSR count). The number of thiazole rings is 1. The van der Waals surface area contributed by atoms with Crippen LogP contribution in [0.4, 0.5) is 5.13 Å². The molecule has 4 heterocycles. The number of amides is 2. The Bertz CT molecular complexity index is 1150. The van der Waals surface area contributed by atoms with Gasteiger partial charge in [-0.25, -0.2) is 15.0 Å². The largest absolute Gasteiger partial charge is 0.454 e. The highest BCUT2D eigenvalue weighted by Gasteiger charge is 2.23. The number of carbonyl (C=O) groups is 2. The van der Waals surface area contributed by atoms with Crippen LogP contribution in [0.1, 0.15) is 21.9 Å². The van der Waals surface area contributed by atoms with Crippen LogP contribution in [0.5, 0.6) is 11.5 Å². The van der Waals surface area contributed by atoms with Gasteiger partial charge in [0.25, 0.3) is 5.91 Å². The Hall–Kier alpha value is -3.57. The lowest BCUT2D eigenvalue weighted by Gasteiger charge is -2.34. The second-order valence-corrected chi connectivity index (χ2v) is 8.55. The third kappa shape index (κ3) is 5.10. The Labute approximate surface area is 194 Å². The first kappa shape index (κ1) is 21.3. The van der Waals surface area contributed by atoms with Crippen LogP contribution < -0.4 is 14.8 Å². The van der Waals surface area contributed by atoms with Crippen molar-refractivity contribution < 1.29 is 19.1 Å². The van der Waals surface area contributed by atoms with E-state index in [2.05, 4.69) is 25.2 Å². The van der Waals surface area contributed by atoms with Gasteiger partial charge in [-0.15, -0.1) is 11.3 Å². The molecule has 0 radical (unpaired) electrons. The van der Waals surface area contributed by atoms with Gasteiger partial charge in [0.2, 0.25) is 18.5 Å². The van der Waals surface area contributed by atoms with Gasteiger partial charge in [-0.2, -0.15) is 0 Å². The molecule has 2 aliphatic heterocycles. The minimum Gasteiger partial charge on any atom is -0.454 e. The molecule has 170 valence electrons. The van der Waals surface area contributed by atoms with Crippen LogP contribution in [0.15, 0.2) is 42.0 Å². The van der Waals surface area contributed by atoms with E-state index in [-0.39, 0.29) is 24.9 Å². The predicted molar refractivity (Wildman–Crippen MR) is 120 cm³/mol. The van der Waals surface area contributed by atoms with Crippen molar-refractivity contribution in [3.8, 4) is 11.5 Å². The molecule has 0 aliphatic carbocycles. The quantitative estimate of drug-likeness (QED) is 0.586. The van der Waals surface area contributed by atoms with Gasteiger partial charge in [0, 0.05) is 50.5 Å². The summed E-state index contributed by atoms with van der Waals surface area (Å²) in [6, 6.07) is 7.64. The highest BCUT2D eigenvalue weighted by molar-refractivity contribution is 7.14. The highest BCUT2D eigenvalue weighted by atomic mass is 32.1. The first-order chi connectivity index (χ1) is 16.1. The Balaban J connectivity index is 1.09. The maximum absolute atomic E-state index is 12.7. The molecule has 11 heteroatoms. The minimum absolute atomic E-state index is 0.0345. The van der Waals surface area contributed by atoms with Gasteiger partial charge in [0.1, 0.15) is 0 Å². The van der Waals surface area contributed by atoms with Gasteiger partial charge in [-0.05, 0) is 23.8 Å². The summed E-state index contributed by atoms with van der Waals surface area (Å²) < 4.78 is 10.8. The van der Waals surface area contributed by atoms with Crippen LogP contribution in [0.2, 0.25) is 0 Å². The van der Waals surface area contributed by atoms with Crippen molar-refractivity contribution in [1.82, 2.24) is 24.8 Å². The molecule has 0 spiro atoms. The molecular formula is C22H22N6O4S. The fourth-order valence-corrected chi connectivity index (χ4v) is 4.44. The van der Waals surface area contributed by atoms with Crippen molar-refractivity contribution in [2.45, 2.75) is 13.0 Å². The summed E-state index contributed by atoms with van der Waals surface area (Å²) in [5, 5.41) is 4.88. The number of aromatic nitrogens is 3. The first-order valence-electron chi connectivity index (χ1n) is 10.6. The van der Waals surface area contributed by atoms with Crippen LogP contribution >= 0.6 is 11.3 Å². The summed E-state index contributed by atoms with van der Waals surface area (Å²) in [5.74, 6) is 1.25. The third-order valence-corrected chi connectivity index (χ3v) is 6.25. The first-order valence-corrected chi connectivity index (χ1v) is 11.4. The second kappa shape index (κ2) is 9.51. The van der Waals surface area contributed by atoms with E-state index in [1.807, 2.05) is 23.1 Å². The van der Waals surface area contributed by atoms with E-state index in [1.54, 1.807) is 11.4 Å². The Morgan fingerprint density at radius 2 is 1.85 bits per heavy atom. The van der Waals surface area contributed by atoms with Crippen molar-refractivity contribution in [1.29, 1.82) is 0 Å². The average molecular weight is 467 g/mol. The van der Waals surface area contributed by atoms with Crippen LogP contribution in [-0.2, 0) is 17.8 Å². The molecule has 0 atom stereocenters. The molecular weight excluding hydrogens is 444 g/mol. The summed E-state index contributed by atoms with van der Waals surface area (Å²) in [5.41, 5.74) is 1.80. The zero-order valence-electron chi connectivity index (χ0n) is 17.8. The molecule has 33 heavy (non-hydrogen) atoms. The average Bonchev–Trinajstić information content (AvgIpc) is 3.49. The van der Waals surface area contributed by atoms with Gasteiger partial charge in [0.15, 0.2) is 16.6 Å². The molecule has 2 aromatic heterocycles. The summed E-state index contributed by atoms with van der Waals surface area (Å²) in [6.45, 7) is 4.02. The molecule has 3 aromatic rings. The summed E-state index contributed by atoms with van der Waals surface area (Å²) >= 11 is 1.27. The van der Waals surface area contributed by atoms with Crippen molar-refractivity contribution in [3.05, 3.63) is 59.1 Å². The summed E-state index contributed by atoms with van der Waals surface area (Å²) in [7, 11) is 0. The number of anilines is 1. The molecule has 1 aromatic carbocycles. The maximum Gasteiger partial charge on any atom is 0.295 e. The number of hydrogen-bond acceptors (Lipinski definition) is 9. The van der Waals surface area contributed by atoms with E-state index in [0.29, 0.717) is 23.9 Å². The fourth-order valence-electron chi connectivity index (χ4n) is 3.73. The lowest BCUT2D eigenvalue weighted by Crippen LogP contribution is -2.48. The molecule has 0 bridgehead atoms. The maximum atomic E-state index is 12.7. The van der Waals surface area contributed by atoms with Crippen LogP contribution in [-0.4, -0.2) is 69.5 Å². The smallest absolute Gasteiger partial charge is 0.295 e. The van der Waals surface area contributed by atoms with Gasteiger partial charge in [-0.1, -0.05) is 6.07 Å². The number of piperazine rings is 1. The molecule has 1 fully saturated rings.